The predicted molar refractivity (Wildman–Crippen MR) is 93.9 cm³/mol. The molecular weight excluding hydrogens is 393 g/mol. The highest BCUT2D eigenvalue weighted by Gasteiger charge is 2.27. The zero-order valence-electron chi connectivity index (χ0n) is 13.3. The molecule has 0 amide bonds. The molecule has 0 saturated heterocycles. The van der Waals surface area contributed by atoms with Crippen molar-refractivity contribution in [1.29, 1.82) is 0 Å². The van der Waals surface area contributed by atoms with Crippen molar-refractivity contribution in [2.45, 2.75) is 25.5 Å². The Labute approximate surface area is 152 Å². The Kier molecular flexibility index (Phi) is 6.38. The molecule has 2 rings (SSSR count). The van der Waals surface area contributed by atoms with Gasteiger partial charge in [0.25, 0.3) is 0 Å². The second-order valence-electron chi connectivity index (χ2n) is 5.36. The van der Waals surface area contributed by atoms with Crippen LogP contribution < -0.4 is 4.74 Å². The summed E-state index contributed by atoms with van der Waals surface area (Å²) < 4.78 is 20.5. The molecule has 0 heterocycles. The molecule has 0 bridgehead atoms. The van der Waals surface area contributed by atoms with Gasteiger partial charge in [0, 0.05) is 16.9 Å². The first-order valence-electron chi connectivity index (χ1n) is 7.36. The molecule has 0 saturated carbocycles. The van der Waals surface area contributed by atoms with Gasteiger partial charge in [0.1, 0.15) is 24.2 Å². The fraction of sp³-hybridized carbons (Fsp3) is 0.235. The Morgan fingerprint density at radius 1 is 1.40 bits per heavy atom. The van der Waals surface area contributed by atoms with Gasteiger partial charge in [0.2, 0.25) is 0 Å². The minimum absolute atomic E-state index is 0.124. The van der Waals surface area contributed by atoms with Crippen LogP contribution in [0.3, 0.4) is 0 Å². The fourth-order valence-electron chi connectivity index (χ4n) is 2.33. The van der Waals surface area contributed by atoms with E-state index >= 15 is 0 Å². The summed E-state index contributed by atoms with van der Waals surface area (Å²) in [5.41, 5.74) is 9.56. The van der Waals surface area contributed by atoms with E-state index in [1.807, 2.05) is 30.3 Å². The molecule has 1 N–H and O–H groups in total. The molecule has 2 aromatic carbocycles. The molecular formula is C17H15BrFN3O3. The van der Waals surface area contributed by atoms with Crippen molar-refractivity contribution in [3.8, 4) is 5.75 Å². The second kappa shape index (κ2) is 8.50. The number of hydrogen-bond donors (Lipinski definition) is 1. The second-order valence-corrected chi connectivity index (χ2v) is 6.21. The van der Waals surface area contributed by atoms with E-state index in [-0.39, 0.29) is 12.2 Å². The molecule has 8 heteroatoms. The highest BCUT2D eigenvalue weighted by molar-refractivity contribution is 9.10. The van der Waals surface area contributed by atoms with Crippen LogP contribution in [0, 0.1) is 5.82 Å². The molecule has 2 atom stereocenters. The third-order valence-corrected chi connectivity index (χ3v) is 4.30. The van der Waals surface area contributed by atoms with Gasteiger partial charge < -0.3 is 9.84 Å². The number of rotatable bonds is 7. The number of hydrogen-bond acceptors (Lipinski definition) is 3. The largest absolute Gasteiger partial charge is 0.488 e. The summed E-state index contributed by atoms with van der Waals surface area (Å²) in [7, 11) is 0. The van der Waals surface area contributed by atoms with Crippen LogP contribution in [0.25, 0.3) is 10.4 Å². The highest BCUT2D eigenvalue weighted by Crippen LogP contribution is 2.34. The van der Waals surface area contributed by atoms with Gasteiger partial charge in [0.05, 0.1) is 4.47 Å². The van der Waals surface area contributed by atoms with E-state index in [0.717, 1.165) is 5.56 Å². The molecule has 6 nitrogen and oxygen atoms in total. The summed E-state index contributed by atoms with van der Waals surface area (Å²) in [5, 5.41) is 12.4. The Morgan fingerprint density at radius 3 is 2.68 bits per heavy atom. The smallest absolute Gasteiger partial charge is 0.313 e. The van der Waals surface area contributed by atoms with Crippen LogP contribution in [-0.4, -0.2) is 17.1 Å². The van der Waals surface area contributed by atoms with Crippen molar-refractivity contribution >= 4 is 21.9 Å². The Hall–Kier alpha value is -2.57. The molecule has 0 aliphatic heterocycles. The number of carboxylic acids is 1. The Balaban J connectivity index is 2.24. The first-order valence-corrected chi connectivity index (χ1v) is 8.16. The topological polar surface area (TPSA) is 95.3 Å². The SMILES string of the molecule is C[C@@H](c1cc(Br)c(OCc2ccccc2)cc1F)[C@H](N=[N+]=[N-])C(=O)O. The first-order chi connectivity index (χ1) is 11.9. The summed E-state index contributed by atoms with van der Waals surface area (Å²) >= 11 is 3.31. The Bertz CT molecular complexity index is 808. The maximum Gasteiger partial charge on any atom is 0.313 e. The third-order valence-electron chi connectivity index (χ3n) is 3.68. The van der Waals surface area contributed by atoms with Gasteiger partial charge in [-0.25, -0.2) is 4.39 Å². The van der Waals surface area contributed by atoms with Crippen molar-refractivity contribution in [1.82, 2.24) is 0 Å². The molecule has 0 unspecified atom stereocenters. The van der Waals surface area contributed by atoms with Gasteiger partial charge in [0.15, 0.2) is 0 Å². The van der Waals surface area contributed by atoms with Crippen molar-refractivity contribution in [2.24, 2.45) is 5.11 Å². The zero-order chi connectivity index (χ0) is 18.4. The zero-order valence-corrected chi connectivity index (χ0v) is 14.9. The molecule has 0 spiro atoms. The van der Waals surface area contributed by atoms with Crippen LogP contribution in [0.1, 0.15) is 24.0 Å². The van der Waals surface area contributed by atoms with Crippen molar-refractivity contribution < 1.29 is 19.0 Å². The number of carboxylic acid groups (broad SMARTS) is 1. The number of carbonyl (C=O) groups is 1. The average Bonchev–Trinajstić information content (AvgIpc) is 2.60. The van der Waals surface area contributed by atoms with E-state index < -0.39 is 23.7 Å². The van der Waals surface area contributed by atoms with E-state index in [2.05, 4.69) is 26.0 Å². The standard InChI is InChI=1S/C17H15BrFN3O3/c1-10(16(17(23)24)21-22-20)12-7-13(18)15(8-14(12)19)25-9-11-5-3-2-4-6-11/h2-8,10,16H,9H2,1H3,(H,23,24)/t10-,16-/m0/s1. The van der Waals surface area contributed by atoms with Gasteiger partial charge in [-0.15, -0.1) is 0 Å². The van der Waals surface area contributed by atoms with Crippen LogP contribution in [0.5, 0.6) is 5.75 Å². The monoisotopic (exact) mass is 407 g/mol. The van der Waals surface area contributed by atoms with Crippen molar-refractivity contribution in [3.63, 3.8) is 0 Å². The van der Waals surface area contributed by atoms with Gasteiger partial charge in [-0.2, -0.15) is 0 Å². The quantitative estimate of drug-likeness (QED) is 0.395. The summed E-state index contributed by atoms with van der Waals surface area (Å²) in [5.74, 6) is -2.48. The lowest BCUT2D eigenvalue weighted by Gasteiger charge is -2.18. The van der Waals surface area contributed by atoms with E-state index in [0.29, 0.717) is 10.2 Å². The summed E-state index contributed by atoms with van der Waals surface area (Å²) in [6, 6.07) is 10.6. The summed E-state index contributed by atoms with van der Waals surface area (Å²) in [4.78, 5) is 13.7. The normalized spacial score (nSPS) is 12.8. The average molecular weight is 408 g/mol. The molecule has 0 aliphatic carbocycles. The van der Waals surface area contributed by atoms with Crippen LogP contribution in [0.4, 0.5) is 4.39 Å². The minimum atomic E-state index is -1.40. The van der Waals surface area contributed by atoms with Gasteiger partial charge in [-0.05, 0) is 38.7 Å². The summed E-state index contributed by atoms with van der Waals surface area (Å²) in [6.45, 7) is 1.76. The lowest BCUT2D eigenvalue weighted by molar-refractivity contribution is -0.138. The number of aliphatic carboxylic acids is 1. The molecule has 0 radical (unpaired) electrons. The van der Waals surface area contributed by atoms with Crippen LogP contribution in [0.2, 0.25) is 0 Å². The number of ether oxygens (including phenoxy) is 1. The van der Waals surface area contributed by atoms with E-state index in [1.165, 1.54) is 19.1 Å². The van der Waals surface area contributed by atoms with E-state index in [1.54, 1.807) is 0 Å². The van der Waals surface area contributed by atoms with E-state index in [9.17, 15) is 9.18 Å². The third kappa shape index (κ3) is 4.71. The molecule has 25 heavy (non-hydrogen) atoms. The molecule has 0 aliphatic rings. The van der Waals surface area contributed by atoms with Gasteiger partial charge in [-0.3, -0.25) is 4.79 Å². The number of halogens is 2. The van der Waals surface area contributed by atoms with Crippen molar-refractivity contribution in [2.75, 3.05) is 0 Å². The summed E-state index contributed by atoms with van der Waals surface area (Å²) in [6.07, 6.45) is 0. The number of azide groups is 1. The van der Waals surface area contributed by atoms with E-state index in [4.69, 9.17) is 15.4 Å². The molecule has 0 aromatic heterocycles. The lowest BCUT2D eigenvalue weighted by Crippen LogP contribution is -2.24. The fourth-order valence-corrected chi connectivity index (χ4v) is 2.80. The van der Waals surface area contributed by atoms with Gasteiger partial charge >= 0.3 is 5.97 Å². The Morgan fingerprint density at radius 2 is 2.08 bits per heavy atom. The molecule has 130 valence electrons. The lowest BCUT2D eigenvalue weighted by atomic mass is 9.93. The first kappa shape index (κ1) is 18.8. The highest BCUT2D eigenvalue weighted by atomic mass is 79.9. The number of benzene rings is 2. The molecule has 0 fully saturated rings. The number of nitrogens with zero attached hydrogens (tertiary/aromatic N) is 3. The molecule has 2 aromatic rings. The minimum Gasteiger partial charge on any atom is -0.488 e. The maximum atomic E-state index is 14.4. The predicted octanol–water partition coefficient (Wildman–Crippen LogP) is 5.03. The van der Waals surface area contributed by atoms with Gasteiger partial charge in [-0.1, -0.05) is 42.4 Å². The maximum absolute atomic E-state index is 14.4. The van der Waals surface area contributed by atoms with Crippen LogP contribution >= 0.6 is 15.9 Å². The van der Waals surface area contributed by atoms with Crippen LogP contribution in [0.15, 0.2) is 52.1 Å². The van der Waals surface area contributed by atoms with Crippen molar-refractivity contribution in [3.05, 3.63) is 74.3 Å². The van der Waals surface area contributed by atoms with Crippen LogP contribution in [-0.2, 0) is 11.4 Å².